The number of amides is 1. The van der Waals surface area contributed by atoms with Gasteiger partial charge in [0, 0.05) is 28.2 Å². The molecule has 184 valence electrons. The van der Waals surface area contributed by atoms with E-state index in [0.29, 0.717) is 17.1 Å². The van der Waals surface area contributed by atoms with E-state index in [2.05, 4.69) is 4.98 Å². The molecular weight excluding hydrogens is 484 g/mol. The summed E-state index contributed by atoms with van der Waals surface area (Å²) in [4.78, 5) is 31.6. The second kappa shape index (κ2) is 9.13. The van der Waals surface area contributed by atoms with Crippen molar-refractivity contribution in [3.8, 4) is 11.5 Å². The molecule has 9 heteroatoms. The first kappa shape index (κ1) is 23.6. The van der Waals surface area contributed by atoms with Crippen molar-refractivity contribution >= 4 is 40.0 Å². The summed E-state index contributed by atoms with van der Waals surface area (Å²) in [5.74, 6) is -0.882. The van der Waals surface area contributed by atoms with Crippen LogP contribution in [0.2, 0.25) is 5.02 Å². The van der Waals surface area contributed by atoms with Crippen molar-refractivity contribution in [2.45, 2.75) is 19.5 Å². The molecule has 1 aliphatic heterocycles. The first-order valence-electron chi connectivity index (χ1n) is 11.2. The fourth-order valence-electron chi connectivity index (χ4n) is 4.75. The van der Waals surface area contributed by atoms with Gasteiger partial charge in [-0.1, -0.05) is 29.8 Å². The number of benzene rings is 2. The molecule has 2 N–H and O–H groups in total. The zero-order chi connectivity index (χ0) is 25.6. The van der Waals surface area contributed by atoms with Crippen molar-refractivity contribution < 1.29 is 28.6 Å². The van der Waals surface area contributed by atoms with Crippen molar-refractivity contribution in [1.29, 1.82) is 0 Å². The van der Waals surface area contributed by atoms with E-state index in [9.17, 15) is 14.7 Å². The normalized spacial score (nSPS) is 17.2. The number of furan rings is 1. The SMILES string of the molecule is COc1cc(OC)c(/C(O)=C2\C(=O)C(=O)N(Cc3ccco3)C2c2c(C)[nH]c3ccccc23)cc1Cl. The maximum atomic E-state index is 13.5. The van der Waals surface area contributed by atoms with Crippen LogP contribution in [0.15, 0.2) is 64.8 Å². The minimum absolute atomic E-state index is 0.0401. The molecule has 1 fully saturated rings. The molecule has 0 bridgehead atoms. The monoisotopic (exact) mass is 506 g/mol. The second-order valence-electron chi connectivity index (χ2n) is 8.40. The van der Waals surface area contributed by atoms with Gasteiger partial charge in [0.05, 0.1) is 49.2 Å². The van der Waals surface area contributed by atoms with Crippen molar-refractivity contribution in [2.24, 2.45) is 0 Å². The predicted octanol–water partition coefficient (Wildman–Crippen LogP) is 5.36. The molecule has 1 saturated heterocycles. The number of rotatable bonds is 6. The predicted molar refractivity (Wildman–Crippen MR) is 134 cm³/mol. The summed E-state index contributed by atoms with van der Waals surface area (Å²) in [5.41, 5.74) is 2.41. The Kier molecular flexibility index (Phi) is 5.97. The lowest BCUT2D eigenvalue weighted by atomic mass is 9.93. The van der Waals surface area contributed by atoms with Crippen molar-refractivity contribution in [3.63, 3.8) is 0 Å². The molecule has 2 aromatic heterocycles. The van der Waals surface area contributed by atoms with Crippen LogP contribution in [-0.2, 0) is 16.1 Å². The number of hydrogen-bond acceptors (Lipinski definition) is 6. The number of nitrogens with zero attached hydrogens (tertiary/aromatic N) is 1. The number of H-pyrrole nitrogens is 1. The lowest BCUT2D eigenvalue weighted by Gasteiger charge is -2.25. The molecule has 1 unspecified atom stereocenters. The van der Waals surface area contributed by atoms with E-state index in [1.807, 2.05) is 31.2 Å². The number of aromatic nitrogens is 1. The van der Waals surface area contributed by atoms with Gasteiger partial charge >= 0.3 is 0 Å². The molecule has 1 atom stereocenters. The van der Waals surface area contributed by atoms with E-state index >= 15 is 0 Å². The number of likely N-dealkylation sites (tertiary alicyclic amines) is 1. The van der Waals surface area contributed by atoms with Crippen LogP contribution in [0, 0.1) is 6.92 Å². The molecule has 1 amide bonds. The largest absolute Gasteiger partial charge is 0.507 e. The first-order valence-corrected chi connectivity index (χ1v) is 11.5. The van der Waals surface area contributed by atoms with E-state index in [4.69, 9.17) is 25.5 Å². The van der Waals surface area contributed by atoms with E-state index in [-0.39, 0.29) is 28.5 Å². The minimum Gasteiger partial charge on any atom is -0.507 e. The summed E-state index contributed by atoms with van der Waals surface area (Å²) in [6, 6.07) is 13.1. The number of para-hydroxylation sites is 1. The smallest absolute Gasteiger partial charge is 0.296 e. The number of halogens is 1. The summed E-state index contributed by atoms with van der Waals surface area (Å²) in [5, 5.41) is 12.6. The Morgan fingerprint density at radius 3 is 2.56 bits per heavy atom. The zero-order valence-corrected chi connectivity index (χ0v) is 20.6. The van der Waals surface area contributed by atoms with Crippen molar-refractivity contribution in [1.82, 2.24) is 9.88 Å². The molecule has 2 aromatic carbocycles. The molecule has 0 radical (unpaired) electrons. The Bertz CT molecular complexity index is 1520. The summed E-state index contributed by atoms with van der Waals surface area (Å²) in [6.07, 6.45) is 1.50. The molecule has 4 aromatic rings. The molecule has 3 heterocycles. The number of aryl methyl sites for hydroxylation is 1. The molecule has 1 aliphatic rings. The molecule has 0 aliphatic carbocycles. The van der Waals surface area contributed by atoms with Gasteiger partial charge in [-0.2, -0.15) is 0 Å². The Hall–Kier alpha value is -4.17. The highest BCUT2D eigenvalue weighted by Gasteiger charge is 2.48. The average Bonchev–Trinajstić information content (AvgIpc) is 3.56. The van der Waals surface area contributed by atoms with Gasteiger partial charge in [-0.05, 0) is 31.2 Å². The minimum atomic E-state index is -0.892. The average molecular weight is 507 g/mol. The highest BCUT2D eigenvalue weighted by atomic mass is 35.5. The van der Waals surface area contributed by atoms with E-state index in [1.54, 1.807) is 12.1 Å². The fraction of sp³-hybridized carbons (Fsp3) is 0.185. The number of hydrogen-bond donors (Lipinski definition) is 2. The number of aliphatic hydroxyl groups is 1. The van der Waals surface area contributed by atoms with Crippen LogP contribution in [0.3, 0.4) is 0 Å². The quantitative estimate of drug-likeness (QED) is 0.207. The number of carbonyl (C=O) groups is 2. The number of aliphatic hydroxyl groups excluding tert-OH is 1. The standard InChI is InChI=1S/C27H23ClN2O6/c1-14-22(16-8-4-5-9-19(16)29-14)24-23(26(32)27(33)30(24)13-15-7-6-10-36-15)25(31)17-11-18(28)21(35-3)12-20(17)34-2/h4-12,24,29,31H,13H2,1-3H3/b25-23+. The topological polar surface area (TPSA) is 105 Å². The Morgan fingerprint density at radius 1 is 1.11 bits per heavy atom. The zero-order valence-electron chi connectivity index (χ0n) is 19.8. The third-order valence-electron chi connectivity index (χ3n) is 6.39. The Balaban J connectivity index is 1.78. The summed E-state index contributed by atoms with van der Waals surface area (Å²) in [7, 11) is 2.89. The van der Waals surface area contributed by atoms with Gasteiger partial charge in [0.15, 0.2) is 0 Å². The van der Waals surface area contributed by atoms with Gasteiger partial charge in [0.25, 0.3) is 11.7 Å². The van der Waals surface area contributed by atoms with Gasteiger partial charge < -0.3 is 28.9 Å². The van der Waals surface area contributed by atoms with E-state index in [0.717, 1.165) is 16.6 Å². The number of fused-ring (bicyclic) bond motifs is 1. The van der Waals surface area contributed by atoms with Crippen LogP contribution in [0.25, 0.3) is 16.7 Å². The number of carbonyl (C=O) groups excluding carboxylic acids is 2. The molecule has 36 heavy (non-hydrogen) atoms. The Labute approximate surface area is 211 Å². The van der Waals surface area contributed by atoms with E-state index < -0.39 is 23.5 Å². The maximum absolute atomic E-state index is 13.5. The van der Waals surface area contributed by atoms with Gasteiger partial charge in [-0.3, -0.25) is 9.59 Å². The highest BCUT2D eigenvalue weighted by molar-refractivity contribution is 6.46. The van der Waals surface area contributed by atoms with E-state index in [1.165, 1.54) is 37.5 Å². The number of ketones is 1. The van der Waals surface area contributed by atoms with Gasteiger partial charge in [0.1, 0.15) is 23.0 Å². The second-order valence-corrected chi connectivity index (χ2v) is 8.81. The molecule has 0 spiro atoms. The molecule has 0 saturated carbocycles. The lowest BCUT2D eigenvalue weighted by molar-refractivity contribution is -0.140. The van der Waals surface area contributed by atoms with Crippen LogP contribution in [0.4, 0.5) is 0 Å². The highest BCUT2D eigenvalue weighted by Crippen LogP contribution is 2.46. The number of aromatic amines is 1. The molecule has 8 nitrogen and oxygen atoms in total. The Morgan fingerprint density at radius 2 is 1.86 bits per heavy atom. The summed E-state index contributed by atoms with van der Waals surface area (Å²) < 4.78 is 16.2. The van der Waals surface area contributed by atoms with Crippen molar-refractivity contribution in [3.05, 3.63) is 88.0 Å². The molecular formula is C27H23ClN2O6. The van der Waals surface area contributed by atoms with Crippen LogP contribution in [0.5, 0.6) is 11.5 Å². The van der Waals surface area contributed by atoms with Crippen LogP contribution in [-0.4, -0.2) is 40.9 Å². The van der Waals surface area contributed by atoms with Gasteiger partial charge in [-0.25, -0.2) is 0 Å². The first-order chi connectivity index (χ1) is 17.3. The van der Waals surface area contributed by atoms with Gasteiger partial charge in [0.2, 0.25) is 0 Å². The van der Waals surface area contributed by atoms with Crippen LogP contribution < -0.4 is 9.47 Å². The fourth-order valence-corrected chi connectivity index (χ4v) is 5.00. The summed E-state index contributed by atoms with van der Waals surface area (Å²) >= 11 is 6.34. The summed E-state index contributed by atoms with van der Waals surface area (Å²) in [6.45, 7) is 1.91. The number of nitrogens with one attached hydrogen (secondary N) is 1. The third kappa shape index (κ3) is 3.70. The molecule has 5 rings (SSSR count). The van der Waals surface area contributed by atoms with Crippen LogP contribution in [0.1, 0.15) is 28.6 Å². The van der Waals surface area contributed by atoms with Gasteiger partial charge in [-0.15, -0.1) is 0 Å². The lowest BCUT2D eigenvalue weighted by Crippen LogP contribution is -2.29. The number of methoxy groups -OCH3 is 2. The maximum Gasteiger partial charge on any atom is 0.296 e. The number of Topliss-reactive ketones (excluding diaryl/α,β-unsaturated/α-hetero) is 1. The number of ether oxygens (including phenoxy) is 2. The van der Waals surface area contributed by atoms with Crippen molar-refractivity contribution in [2.75, 3.05) is 14.2 Å². The van der Waals surface area contributed by atoms with Crippen LogP contribution >= 0.6 is 11.6 Å². The third-order valence-corrected chi connectivity index (χ3v) is 6.69.